The third kappa shape index (κ3) is 4.67. The zero-order valence-electron chi connectivity index (χ0n) is 15.9. The van der Waals surface area contributed by atoms with Crippen LogP contribution in [0.15, 0.2) is 90.1 Å². The summed E-state index contributed by atoms with van der Waals surface area (Å²) in [5.41, 5.74) is 1.13. The molecule has 0 aliphatic carbocycles. The van der Waals surface area contributed by atoms with Gasteiger partial charge in [-0.05, 0) is 42.5 Å². The number of carbonyl (C=O) groups is 1. The first kappa shape index (κ1) is 20.0. The van der Waals surface area contributed by atoms with Crippen molar-refractivity contribution in [3.63, 3.8) is 0 Å². The number of aromatic nitrogens is 2. The summed E-state index contributed by atoms with van der Waals surface area (Å²) in [6.45, 7) is -3.06. The number of carbonyl (C=O) groups excluding carboxylic acids is 1. The van der Waals surface area contributed by atoms with Gasteiger partial charge in [-0.15, -0.1) is 0 Å². The molecule has 3 aromatic heterocycles. The third-order valence-electron chi connectivity index (χ3n) is 4.12. The van der Waals surface area contributed by atoms with Crippen LogP contribution >= 0.6 is 0 Å². The molecule has 0 saturated heterocycles. The Kier molecular flexibility index (Phi) is 5.84. The molecule has 1 aromatic carbocycles. The highest BCUT2D eigenvalue weighted by Crippen LogP contribution is 2.38. The lowest BCUT2D eigenvalue weighted by Crippen LogP contribution is -2.26. The number of benzene rings is 1. The van der Waals surface area contributed by atoms with Crippen LogP contribution in [0.2, 0.25) is 0 Å². The molecule has 4 rings (SSSR count). The monoisotopic (exact) mass is 423 g/mol. The fourth-order valence-corrected chi connectivity index (χ4v) is 2.83. The Balaban J connectivity index is 1.79. The Hall–Kier alpha value is -4.27. The number of anilines is 2. The van der Waals surface area contributed by atoms with Crippen molar-refractivity contribution in [3.8, 4) is 17.4 Å². The van der Waals surface area contributed by atoms with Crippen LogP contribution in [0.4, 0.5) is 20.2 Å². The summed E-state index contributed by atoms with van der Waals surface area (Å²) in [6.07, 6.45) is 7.43. The van der Waals surface area contributed by atoms with Gasteiger partial charge in [0.25, 0.3) is 11.9 Å². The molecule has 9 heteroatoms. The van der Waals surface area contributed by atoms with Crippen molar-refractivity contribution in [1.29, 1.82) is 0 Å². The third-order valence-corrected chi connectivity index (χ3v) is 4.12. The molecule has 156 valence electrons. The van der Waals surface area contributed by atoms with Crippen LogP contribution in [0, 0.1) is 0 Å². The van der Waals surface area contributed by atoms with Gasteiger partial charge in [0.15, 0.2) is 11.5 Å². The number of hydrogen-bond donors (Lipinski definition) is 0. The number of nitrogens with zero attached hydrogens (tertiary/aromatic N) is 3. The normalized spacial score (nSPS) is 10.7. The van der Waals surface area contributed by atoms with Crippen molar-refractivity contribution in [2.24, 2.45) is 0 Å². The number of ether oxygens (including phenoxy) is 2. The van der Waals surface area contributed by atoms with E-state index >= 15 is 0 Å². The van der Waals surface area contributed by atoms with E-state index < -0.39 is 12.5 Å². The summed E-state index contributed by atoms with van der Waals surface area (Å²) in [5, 5.41) is 0. The summed E-state index contributed by atoms with van der Waals surface area (Å²) in [4.78, 5) is 22.7. The highest BCUT2D eigenvalue weighted by molar-refractivity contribution is 6.10. The molecular formula is C22H15F2N3O4. The highest BCUT2D eigenvalue weighted by Gasteiger charge is 2.23. The van der Waals surface area contributed by atoms with Gasteiger partial charge in [0.1, 0.15) is 0 Å². The second-order valence-corrected chi connectivity index (χ2v) is 6.14. The summed E-state index contributed by atoms with van der Waals surface area (Å²) >= 11 is 0. The van der Waals surface area contributed by atoms with Gasteiger partial charge in [0, 0.05) is 30.7 Å². The minimum atomic E-state index is -3.06. The van der Waals surface area contributed by atoms with E-state index in [0.29, 0.717) is 16.9 Å². The molecule has 0 spiro atoms. The lowest BCUT2D eigenvalue weighted by molar-refractivity contribution is -0.0511. The van der Waals surface area contributed by atoms with Gasteiger partial charge >= 0.3 is 6.61 Å². The summed E-state index contributed by atoms with van der Waals surface area (Å²) in [7, 11) is 0. The van der Waals surface area contributed by atoms with Gasteiger partial charge in [-0.2, -0.15) is 8.78 Å². The zero-order chi connectivity index (χ0) is 21.6. The van der Waals surface area contributed by atoms with Crippen LogP contribution < -0.4 is 14.4 Å². The van der Waals surface area contributed by atoms with E-state index in [4.69, 9.17) is 9.15 Å². The highest BCUT2D eigenvalue weighted by atomic mass is 19.3. The van der Waals surface area contributed by atoms with Crippen molar-refractivity contribution in [2.75, 3.05) is 4.90 Å². The maximum atomic E-state index is 13.3. The van der Waals surface area contributed by atoms with Gasteiger partial charge in [-0.25, -0.2) is 0 Å². The van der Waals surface area contributed by atoms with Gasteiger partial charge in [0.2, 0.25) is 0 Å². The van der Waals surface area contributed by atoms with E-state index in [2.05, 4.69) is 14.7 Å². The molecule has 31 heavy (non-hydrogen) atoms. The molecule has 0 unspecified atom stereocenters. The number of furan rings is 1. The maximum Gasteiger partial charge on any atom is 0.387 e. The van der Waals surface area contributed by atoms with E-state index in [9.17, 15) is 13.6 Å². The first-order valence-corrected chi connectivity index (χ1v) is 9.06. The minimum absolute atomic E-state index is 0.0550. The lowest BCUT2D eigenvalue weighted by Gasteiger charge is -2.23. The topological polar surface area (TPSA) is 77.7 Å². The van der Waals surface area contributed by atoms with Gasteiger partial charge < -0.3 is 13.9 Å². The molecule has 7 nitrogen and oxygen atoms in total. The Morgan fingerprint density at radius 3 is 2.39 bits per heavy atom. The molecule has 0 aliphatic rings. The summed E-state index contributed by atoms with van der Waals surface area (Å²) in [6, 6.07) is 13.9. The summed E-state index contributed by atoms with van der Waals surface area (Å²) in [5.74, 6) is -0.592. The van der Waals surface area contributed by atoms with E-state index in [0.717, 1.165) is 0 Å². The average molecular weight is 423 g/mol. The van der Waals surface area contributed by atoms with Crippen molar-refractivity contribution in [3.05, 3.63) is 91.2 Å². The summed E-state index contributed by atoms with van der Waals surface area (Å²) < 4.78 is 41.0. The molecule has 3 heterocycles. The smallest absolute Gasteiger partial charge is 0.387 e. The predicted octanol–water partition coefficient (Wildman–Crippen LogP) is 5.44. The van der Waals surface area contributed by atoms with Crippen molar-refractivity contribution < 1.29 is 27.5 Å². The SMILES string of the molecule is O=C(c1cccnc1)N(c1cccnc1)c1ccc(OC(F)F)c(Oc2ccco2)c1. The second-order valence-electron chi connectivity index (χ2n) is 6.14. The largest absolute Gasteiger partial charge is 0.434 e. The Morgan fingerprint density at radius 2 is 1.74 bits per heavy atom. The molecule has 0 atom stereocenters. The van der Waals surface area contributed by atoms with Crippen molar-refractivity contribution in [2.45, 2.75) is 6.61 Å². The Morgan fingerprint density at radius 1 is 0.935 bits per heavy atom. The van der Waals surface area contributed by atoms with E-state index in [1.54, 1.807) is 42.7 Å². The van der Waals surface area contributed by atoms with E-state index in [1.807, 2.05) is 0 Å². The average Bonchev–Trinajstić information content (AvgIpc) is 3.30. The Bertz CT molecular complexity index is 1140. The number of pyridine rings is 2. The van der Waals surface area contributed by atoms with Gasteiger partial charge in [-0.1, -0.05) is 0 Å². The molecule has 0 saturated carbocycles. The lowest BCUT2D eigenvalue weighted by atomic mass is 10.2. The molecule has 0 aliphatic heterocycles. The van der Waals surface area contributed by atoms with E-state index in [-0.39, 0.29) is 17.4 Å². The fraction of sp³-hybridized carbons (Fsp3) is 0.0455. The van der Waals surface area contributed by atoms with Crippen LogP contribution in [0.3, 0.4) is 0 Å². The van der Waals surface area contributed by atoms with Crippen molar-refractivity contribution >= 4 is 17.3 Å². The number of amides is 1. The maximum absolute atomic E-state index is 13.3. The van der Waals surface area contributed by atoms with Crippen LogP contribution in [0.1, 0.15) is 10.4 Å². The predicted molar refractivity (Wildman–Crippen MR) is 107 cm³/mol. The van der Waals surface area contributed by atoms with Gasteiger partial charge in [0.05, 0.1) is 29.4 Å². The van der Waals surface area contributed by atoms with Crippen LogP contribution in [0.25, 0.3) is 0 Å². The minimum Gasteiger partial charge on any atom is -0.434 e. The Labute approximate surface area is 175 Å². The van der Waals surface area contributed by atoms with Crippen LogP contribution in [-0.2, 0) is 0 Å². The standard InChI is InChI=1S/C22H15F2N3O4/c23-22(24)31-18-8-7-16(12-19(18)30-20-6-3-11-29-20)27(17-5-2-10-26-14-17)21(28)15-4-1-9-25-13-15/h1-14,22H. The molecule has 4 aromatic rings. The quantitative estimate of drug-likeness (QED) is 0.394. The number of hydrogen-bond acceptors (Lipinski definition) is 6. The number of rotatable bonds is 7. The molecule has 0 N–H and O–H groups in total. The number of halogens is 2. The van der Waals surface area contributed by atoms with Crippen LogP contribution in [0.5, 0.6) is 17.4 Å². The van der Waals surface area contributed by atoms with Crippen molar-refractivity contribution in [1.82, 2.24) is 9.97 Å². The first-order chi connectivity index (χ1) is 15.1. The molecule has 1 amide bonds. The van der Waals surface area contributed by atoms with E-state index in [1.165, 1.54) is 47.8 Å². The molecule has 0 bridgehead atoms. The molecule has 0 fully saturated rings. The zero-order valence-corrected chi connectivity index (χ0v) is 15.9. The van der Waals surface area contributed by atoms with Crippen LogP contribution in [-0.4, -0.2) is 22.5 Å². The van der Waals surface area contributed by atoms with Gasteiger partial charge in [-0.3, -0.25) is 19.7 Å². The molecular weight excluding hydrogens is 408 g/mol. The first-order valence-electron chi connectivity index (χ1n) is 9.06. The fourth-order valence-electron chi connectivity index (χ4n) is 2.83. The number of alkyl halides is 2. The second kappa shape index (κ2) is 9.04. The molecule has 0 radical (unpaired) electrons.